The molecule has 0 spiro atoms. The number of anilines is 1. The van der Waals surface area contributed by atoms with Gasteiger partial charge in [-0.15, -0.1) is 11.3 Å². The minimum Gasteiger partial charge on any atom is -0.465 e. The van der Waals surface area contributed by atoms with Crippen LogP contribution in [0.5, 0.6) is 0 Å². The molecule has 2 aromatic rings. The normalized spacial score (nSPS) is 19.8. The Morgan fingerprint density at radius 1 is 1.23 bits per heavy atom. The first kappa shape index (κ1) is 18.4. The van der Waals surface area contributed by atoms with Gasteiger partial charge < -0.3 is 9.64 Å². The lowest BCUT2D eigenvalue weighted by Gasteiger charge is -2.28. The number of thiophene rings is 1. The molecule has 0 aliphatic heterocycles. The van der Waals surface area contributed by atoms with Crippen LogP contribution in [0.1, 0.15) is 29.7 Å². The van der Waals surface area contributed by atoms with E-state index in [1.54, 1.807) is 24.3 Å². The van der Waals surface area contributed by atoms with Gasteiger partial charge in [-0.2, -0.15) is 0 Å². The van der Waals surface area contributed by atoms with E-state index in [0.717, 1.165) is 21.7 Å². The van der Waals surface area contributed by atoms with Crippen LogP contribution in [-0.2, 0) is 14.3 Å². The number of allylic oxidation sites excluding steroid dienone is 2. The van der Waals surface area contributed by atoms with E-state index in [0.29, 0.717) is 6.42 Å². The van der Waals surface area contributed by atoms with Crippen molar-refractivity contribution in [2.24, 2.45) is 5.92 Å². The Bertz CT molecular complexity index is 806. The zero-order chi connectivity index (χ0) is 18.7. The Kier molecular flexibility index (Phi) is 5.57. The molecule has 0 amide bonds. The monoisotopic (exact) mass is 369 g/mol. The van der Waals surface area contributed by atoms with Crippen molar-refractivity contribution in [3.05, 3.63) is 58.3 Å². The summed E-state index contributed by atoms with van der Waals surface area (Å²) in [7, 11) is 3.99. The van der Waals surface area contributed by atoms with Gasteiger partial charge in [-0.05, 0) is 54.1 Å². The molecule has 0 bridgehead atoms. The molecule has 3 rings (SSSR count). The Morgan fingerprint density at radius 3 is 2.54 bits per heavy atom. The van der Waals surface area contributed by atoms with Gasteiger partial charge in [0.2, 0.25) is 0 Å². The Morgan fingerprint density at radius 2 is 1.96 bits per heavy atom. The van der Waals surface area contributed by atoms with Crippen LogP contribution in [0, 0.1) is 5.92 Å². The van der Waals surface area contributed by atoms with E-state index in [-0.39, 0.29) is 18.3 Å². The molecule has 0 radical (unpaired) electrons. The fourth-order valence-electron chi connectivity index (χ4n) is 3.33. The molecule has 2 atom stereocenters. The zero-order valence-corrected chi connectivity index (χ0v) is 16.1. The lowest BCUT2D eigenvalue weighted by atomic mass is 9.76. The number of carbonyl (C=O) groups is 2. The Hall–Kier alpha value is -2.40. The molecule has 5 heteroatoms. The van der Waals surface area contributed by atoms with Gasteiger partial charge >= 0.3 is 5.97 Å². The first-order valence-electron chi connectivity index (χ1n) is 8.73. The third-order valence-electron chi connectivity index (χ3n) is 4.67. The van der Waals surface area contributed by atoms with Crippen molar-refractivity contribution < 1.29 is 14.3 Å². The maximum Gasteiger partial charge on any atom is 0.317 e. The summed E-state index contributed by atoms with van der Waals surface area (Å²) in [5.74, 6) is -1.51. The molecular formula is C21H23NO3S. The van der Waals surface area contributed by atoms with Crippen molar-refractivity contribution in [3.63, 3.8) is 0 Å². The molecule has 0 N–H and O–H groups in total. The highest BCUT2D eigenvalue weighted by atomic mass is 32.1. The van der Waals surface area contributed by atoms with Gasteiger partial charge in [-0.3, -0.25) is 9.59 Å². The van der Waals surface area contributed by atoms with Crippen LogP contribution >= 0.6 is 11.3 Å². The first-order chi connectivity index (χ1) is 12.5. The molecule has 1 aliphatic carbocycles. The minimum absolute atomic E-state index is 0.167. The number of nitrogens with zero attached hydrogens (tertiary/aromatic N) is 1. The second-order valence-electron chi connectivity index (χ2n) is 6.57. The van der Waals surface area contributed by atoms with E-state index in [1.165, 1.54) is 0 Å². The third-order valence-corrected chi connectivity index (χ3v) is 5.67. The van der Waals surface area contributed by atoms with Crippen LogP contribution in [0.2, 0.25) is 0 Å². The highest BCUT2D eigenvalue weighted by molar-refractivity contribution is 7.10. The number of benzene rings is 1. The topological polar surface area (TPSA) is 46.6 Å². The number of carbonyl (C=O) groups excluding carboxylic acids is 2. The quantitative estimate of drug-likeness (QED) is 0.587. The smallest absolute Gasteiger partial charge is 0.317 e. The van der Waals surface area contributed by atoms with E-state index in [1.807, 2.05) is 60.8 Å². The van der Waals surface area contributed by atoms with Gasteiger partial charge in [0.15, 0.2) is 5.78 Å². The summed E-state index contributed by atoms with van der Waals surface area (Å²) in [6.45, 7) is 2.04. The first-order valence-corrected chi connectivity index (χ1v) is 9.61. The predicted octanol–water partition coefficient (Wildman–Crippen LogP) is 4.13. The van der Waals surface area contributed by atoms with Gasteiger partial charge in [0, 0.05) is 30.6 Å². The molecule has 4 nitrogen and oxygen atoms in total. The molecule has 1 aromatic heterocycles. The van der Waals surface area contributed by atoms with Crippen molar-refractivity contribution in [2.45, 2.75) is 19.3 Å². The highest BCUT2D eigenvalue weighted by Gasteiger charge is 2.40. The van der Waals surface area contributed by atoms with Crippen LogP contribution in [0.3, 0.4) is 0 Å². The van der Waals surface area contributed by atoms with Gasteiger partial charge in [0.05, 0.1) is 6.61 Å². The van der Waals surface area contributed by atoms with E-state index in [9.17, 15) is 9.59 Å². The van der Waals surface area contributed by atoms with Crippen molar-refractivity contribution >= 4 is 34.3 Å². The Labute approximate surface area is 158 Å². The molecule has 0 saturated carbocycles. The molecular weight excluding hydrogens is 346 g/mol. The summed E-state index contributed by atoms with van der Waals surface area (Å²) >= 11 is 1.58. The molecule has 26 heavy (non-hydrogen) atoms. The van der Waals surface area contributed by atoms with Crippen molar-refractivity contribution in [1.82, 2.24) is 0 Å². The third kappa shape index (κ3) is 3.73. The van der Waals surface area contributed by atoms with Crippen molar-refractivity contribution in [1.29, 1.82) is 0 Å². The fourth-order valence-corrected chi connectivity index (χ4v) is 4.19. The van der Waals surface area contributed by atoms with Crippen LogP contribution in [0.15, 0.2) is 47.9 Å². The Balaban J connectivity index is 1.95. The van der Waals surface area contributed by atoms with Crippen molar-refractivity contribution in [2.75, 3.05) is 25.6 Å². The summed E-state index contributed by atoms with van der Waals surface area (Å²) in [4.78, 5) is 28.3. The predicted molar refractivity (Wildman–Crippen MR) is 106 cm³/mol. The second-order valence-corrected chi connectivity index (χ2v) is 7.55. The minimum atomic E-state index is -0.751. The number of hydrogen-bond donors (Lipinski definition) is 0. The number of esters is 1. The van der Waals surface area contributed by atoms with E-state index in [4.69, 9.17) is 4.74 Å². The van der Waals surface area contributed by atoms with E-state index in [2.05, 4.69) is 0 Å². The second kappa shape index (κ2) is 7.87. The molecule has 0 fully saturated rings. The van der Waals surface area contributed by atoms with Gasteiger partial charge in [0.25, 0.3) is 0 Å². The van der Waals surface area contributed by atoms with E-state index < -0.39 is 11.9 Å². The van der Waals surface area contributed by atoms with E-state index >= 15 is 0 Å². The molecule has 0 saturated heterocycles. The maximum atomic E-state index is 12.8. The highest BCUT2D eigenvalue weighted by Crippen LogP contribution is 2.42. The zero-order valence-electron chi connectivity index (χ0n) is 15.3. The van der Waals surface area contributed by atoms with Gasteiger partial charge in [0.1, 0.15) is 5.92 Å². The lowest BCUT2D eigenvalue weighted by molar-refractivity contribution is -0.151. The number of ketones is 1. The SMILES string of the molecule is CCOC(=O)[C@@H]1C(=O)C=C(c2ccc(N(C)C)cc2)C[C@H]1c1cccs1. The molecule has 1 aliphatic rings. The fraction of sp³-hybridized carbons (Fsp3) is 0.333. The van der Waals surface area contributed by atoms with Gasteiger partial charge in [-0.1, -0.05) is 18.2 Å². The number of rotatable bonds is 5. The maximum absolute atomic E-state index is 12.8. The molecule has 1 aromatic carbocycles. The summed E-state index contributed by atoms with van der Waals surface area (Å²) in [6, 6.07) is 12.1. The lowest BCUT2D eigenvalue weighted by Crippen LogP contribution is -2.33. The molecule has 136 valence electrons. The van der Waals surface area contributed by atoms with Gasteiger partial charge in [-0.25, -0.2) is 0 Å². The van der Waals surface area contributed by atoms with Crippen LogP contribution in [-0.4, -0.2) is 32.5 Å². The summed E-state index contributed by atoms with van der Waals surface area (Å²) in [5.41, 5.74) is 3.10. The summed E-state index contributed by atoms with van der Waals surface area (Å²) in [6.07, 6.45) is 2.27. The van der Waals surface area contributed by atoms with Crippen LogP contribution < -0.4 is 4.90 Å². The van der Waals surface area contributed by atoms with Crippen molar-refractivity contribution in [3.8, 4) is 0 Å². The molecule has 1 heterocycles. The molecule has 0 unspecified atom stereocenters. The summed E-state index contributed by atoms with van der Waals surface area (Å²) in [5, 5.41) is 1.98. The largest absolute Gasteiger partial charge is 0.465 e. The average Bonchev–Trinajstić information content (AvgIpc) is 3.15. The summed E-state index contributed by atoms with van der Waals surface area (Å²) < 4.78 is 5.17. The average molecular weight is 369 g/mol. The standard InChI is InChI=1S/C21H23NO3S/c1-4-25-21(24)20-17(19-6-5-11-26-19)12-15(13-18(20)23)14-7-9-16(10-8-14)22(2)3/h5-11,13,17,20H,4,12H2,1-3H3/t17-,20-/m0/s1. The number of hydrogen-bond acceptors (Lipinski definition) is 5. The van der Waals surface area contributed by atoms with Crippen LogP contribution in [0.25, 0.3) is 5.57 Å². The van der Waals surface area contributed by atoms with Crippen LogP contribution in [0.4, 0.5) is 5.69 Å². The number of ether oxygens (including phenoxy) is 1.